The average Bonchev–Trinajstić information content (AvgIpc) is 2.80. The van der Waals surface area contributed by atoms with Crippen LogP contribution in [0.1, 0.15) is 37.0 Å². The Bertz CT molecular complexity index is 1370. The Kier molecular flexibility index (Phi) is 6.71. The van der Waals surface area contributed by atoms with Crippen LogP contribution in [0.3, 0.4) is 0 Å². The van der Waals surface area contributed by atoms with Gasteiger partial charge < -0.3 is 9.84 Å². The average molecular weight is 498 g/mol. The molecule has 1 heterocycles. The number of carboxylic acid groups (broad SMARTS) is 1. The number of nitrogens with zero attached hydrogens (tertiary/aromatic N) is 1. The number of rotatable bonds is 7. The minimum atomic E-state index is -4.19. The van der Waals surface area contributed by atoms with Crippen LogP contribution in [0.4, 0.5) is 4.39 Å². The topological polar surface area (TPSA) is 83.9 Å². The smallest absolute Gasteiger partial charge is 0.318 e. The molecule has 1 aliphatic rings. The number of sulfonamides is 1. The van der Waals surface area contributed by atoms with Crippen molar-refractivity contribution in [3.05, 3.63) is 83.2 Å². The predicted octanol–water partition coefficient (Wildman–Crippen LogP) is 5.18. The molecule has 0 spiro atoms. The molecule has 1 aliphatic heterocycles. The zero-order valence-corrected chi connectivity index (χ0v) is 20.7. The van der Waals surface area contributed by atoms with Crippen LogP contribution in [0.5, 0.6) is 5.75 Å². The van der Waals surface area contributed by atoms with Crippen LogP contribution in [0.25, 0.3) is 11.1 Å². The highest BCUT2D eigenvalue weighted by Crippen LogP contribution is 2.35. The number of carbonyl (C=O) groups is 1. The standard InChI is InChI=1S/C27H28FNO5S/c1-18-21(13-22(28)15-24(18)19-7-5-4-6-8-19)16-29(17-26(30)31)35(32,33)23-9-10-25-20(14-23)11-12-27(2,3)34-25/h4-10,13-15H,11-12,16-17H2,1-3H3,(H,30,31). The number of halogens is 1. The number of carboxylic acids is 1. The highest BCUT2D eigenvalue weighted by atomic mass is 32.2. The Balaban J connectivity index is 1.72. The van der Waals surface area contributed by atoms with Gasteiger partial charge in [-0.3, -0.25) is 4.79 Å². The zero-order chi connectivity index (χ0) is 25.4. The molecule has 35 heavy (non-hydrogen) atoms. The molecule has 1 N–H and O–H groups in total. The first-order chi connectivity index (χ1) is 16.5. The van der Waals surface area contributed by atoms with Crippen molar-refractivity contribution in [2.75, 3.05) is 6.54 Å². The minimum Gasteiger partial charge on any atom is -0.488 e. The fraction of sp³-hybridized carbons (Fsp3) is 0.296. The van der Waals surface area contributed by atoms with E-state index in [4.69, 9.17) is 4.74 Å². The van der Waals surface area contributed by atoms with Gasteiger partial charge in [0.15, 0.2) is 0 Å². The van der Waals surface area contributed by atoms with Gasteiger partial charge in [0.05, 0.1) is 4.90 Å². The summed E-state index contributed by atoms with van der Waals surface area (Å²) in [4.78, 5) is 11.6. The van der Waals surface area contributed by atoms with Crippen molar-refractivity contribution in [1.29, 1.82) is 0 Å². The van der Waals surface area contributed by atoms with E-state index in [2.05, 4.69) is 0 Å². The predicted molar refractivity (Wildman–Crippen MR) is 131 cm³/mol. The van der Waals surface area contributed by atoms with Gasteiger partial charge in [-0.2, -0.15) is 4.31 Å². The van der Waals surface area contributed by atoms with E-state index in [1.54, 1.807) is 19.1 Å². The van der Waals surface area contributed by atoms with Gasteiger partial charge in [-0.15, -0.1) is 0 Å². The Labute approximate surface area is 205 Å². The molecule has 0 aliphatic carbocycles. The van der Waals surface area contributed by atoms with Gasteiger partial charge >= 0.3 is 5.97 Å². The Morgan fingerprint density at radius 3 is 2.51 bits per heavy atom. The summed E-state index contributed by atoms with van der Waals surface area (Å²) in [5.41, 5.74) is 2.92. The van der Waals surface area contributed by atoms with Crippen LogP contribution < -0.4 is 4.74 Å². The monoisotopic (exact) mass is 497 g/mol. The van der Waals surface area contributed by atoms with Crippen LogP contribution >= 0.6 is 0 Å². The molecule has 0 unspecified atom stereocenters. The number of benzene rings is 3. The van der Waals surface area contributed by atoms with Crippen LogP contribution in [-0.4, -0.2) is 35.9 Å². The first-order valence-electron chi connectivity index (χ1n) is 11.3. The molecule has 0 saturated heterocycles. The van der Waals surface area contributed by atoms with E-state index in [1.807, 2.05) is 44.2 Å². The fourth-order valence-corrected chi connectivity index (χ4v) is 5.75. The molecule has 0 amide bonds. The summed E-state index contributed by atoms with van der Waals surface area (Å²) in [5, 5.41) is 9.48. The van der Waals surface area contributed by atoms with Gasteiger partial charge in [-0.05, 0) is 91.8 Å². The molecule has 0 bridgehead atoms. The van der Waals surface area contributed by atoms with Crippen molar-refractivity contribution in [1.82, 2.24) is 4.31 Å². The number of fused-ring (bicyclic) bond motifs is 1. The minimum absolute atomic E-state index is 0.0156. The largest absolute Gasteiger partial charge is 0.488 e. The second-order valence-corrected chi connectivity index (χ2v) is 11.3. The maximum atomic E-state index is 14.6. The van der Waals surface area contributed by atoms with E-state index < -0.39 is 28.4 Å². The first kappa shape index (κ1) is 24.9. The van der Waals surface area contributed by atoms with Crippen LogP contribution in [-0.2, 0) is 27.8 Å². The van der Waals surface area contributed by atoms with Crippen molar-refractivity contribution >= 4 is 16.0 Å². The summed E-state index contributed by atoms with van der Waals surface area (Å²) >= 11 is 0. The number of hydrogen-bond acceptors (Lipinski definition) is 4. The molecular weight excluding hydrogens is 469 g/mol. The Hall–Kier alpha value is -3.23. The van der Waals surface area contributed by atoms with Crippen molar-refractivity contribution < 1.29 is 27.4 Å². The van der Waals surface area contributed by atoms with Gasteiger partial charge in [0.25, 0.3) is 0 Å². The maximum Gasteiger partial charge on any atom is 0.318 e. The van der Waals surface area contributed by atoms with Gasteiger partial charge in [0, 0.05) is 6.54 Å². The number of aliphatic carboxylic acids is 1. The van der Waals surface area contributed by atoms with Crippen molar-refractivity contribution in [2.45, 2.75) is 50.7 Å². The molecule has 0 aromatic heterocycles. The van der Waals surface area contributed by atoms with Gasteiger partial charge in [0.2, 0.25) is 10.0 Å². The second-order valence-electron chi connectivity index (χ2n) is 9.40. The number of ether oxygens (including phenoxy) is 1. The molecule has 8 heteroatoms. The molecule has 184 valence electrons. The molecule has 0 atom stereocenters. The fourth-order valence-electron chi connectivity index (χ4n) is 4.33. The van der Waals surface area contributed by atoms with E-state index in [-0.39, 0.29) is 17.0 Å². The van der Waals surface area contributed by atoms with E-state index in [0.29, 0.717) is 28.9 Å². The summed E-state index contributed by atoms with van der Waals surface area (Å²) in [6.07, 6.45) is 1.38. The molecule has 3 aromatic rings. The normalized spacial score (nSPS) is 14.9. The van der Waals surface area contributed by atoms with E-state index in [9.17, 15) is 22.7 Å². The summed E-state index contributed by atoms with van der Waals surface area (Å²) in [6, 6.07) is 16.4. The lowest BCUT2D eigenvalue weighted by Gasteiger charge is -2.33. The lowest BCUT2D eigenvalue weighted by Crippen LogP contribution is -2.36. The highest BCUT2D eigenvalue weighted by molar-refractivity contribution is 7.89. The molecule has 4 rings (SSSR count). The van der Waals surface area contributed by atoms with E-state index >= 15 is 0 Å². The Morgan fingerprint density at radius 2 is 1.83 bits per heavy atom. The molecular formula is C27H28FNO5S. The van der Waals surface area contributed by atoms with Gasteiger partial charge in [0.1, 0.15) is 23.7 Å². The molecule has 0 fully saturated rings. The molecule has 0 radical (unpaired) electrons. The summed E-state index contributed by atoms with van der Waals surface area (Å²) in [5.74, 6) is -1.20. The maximum absolute atomic E-state index is 14.6. The quantitative estimate of drug-likeness (QED) is 0.486. The van der Waals surface area contributed by atoms with E-state index in [1.165, 1.54) is 18.2 Å². The Morgan fingerprint density at radius 1 is 1.11 bits per heavy atom. The third kappa shape index (κ3) is 5.39. The summed E-state index contributed by atoms with van der Waals surface area (Å²) < 4.78 is 48.5. The third-order valence-electron chi connectivity index (χ3n) is 6.28. The molecule has 0 saturated carbocycles. The van der Waals surface area contributed by atoms with Crippen LogP contribution in [0.15, 0.2) is 65.6 Å². The van der Waals surface area contributed by atoms with Crippen molar-refractivity contribution in [3.63, 3.8) is 0 Å². The van der Waals surface area contributed by atoms with Crippen LogP contribution in [0.2, 0.25) is 0 Å². The van der Waals surface area contributed by atoms with E-state index in [0.717, 1.165) is 21.9 Å². The SMILES string of the molecule is Cc1c(CN(CC(=O)O)S(=O)(=O)c2ccc3c(c2)CCC(C)(C)O3)cc(F)cc1-c1ccccc1. The highest BCUT2D eigenvalue weighted by Gasteiger charge is 2.31. The second kappa shape index (κ2) is 9.43. The lowest BCUT2D eigenvalue weighted by molar-refractivity contribution is -0.137. The molecule has 3 aromatic carbocycles. The van der Waals surface area contributed by atoms with Crippen molar-refractivity contribution in [2.24, 2.45) is 0 Å². The molecule has 6 nitrogen and oxygen atoms in total. The van der Waals surface area contributed by atoms with Gasteiger partial charge in [-0.1, -0.05) is 30.3 Å². The van der Waals surface area contributed by atoms with Gasteiger partial charge in [-0.25, -0.2) is 12.8 Å². The summed E-state index contributed by atoms with van der Waals surface area (Å²) in [7, 11) is -4.19. The number of aryl methyl sites for hydroxylation is 1. The third-order valence-corrected chi connectivity index (χ3v) is 8.06. The van der Waals surface area contributed by atoms with Crippen LogP contribution in [0, 0.1) is 12.7 Å². The summed E-state index contributed by atoms with van der Waals surface area (Å²) in [6.45, 7) is 4.69. The first-order valence-corrected chi connectivity index (χ1v) is 12.8. The van der Waals surface area contributed by atoms with Crippen molar-refractivity contribution in [3.8, 4) is 16.9 Å². The number of hydrogen-bond donors (Lipinski definition) is 1. The zero-order valence-electron chi connectivity index (χ0n) is 19.9. The lowest BCUT2D eigenvalue weighted by atomic mass is 9.94.